The van der Waals surface area contributed by atoms with Crippen LogP contribution in [0.25, 0.3) is 0 Å². The summed E-state index contributed by atoms with van der Waals surface area (Å²) in [6.45, 7) is 3.44. The molecule has 4 atom stereocenters. The number of rotatable bonds is 10. The molecule has 212 valence electrons. The predicted molar refractivity (Wildman–Crippen MR) is 154 cm³/mol. The molecule has 2 N–H and O–H groups in total. The average Bonchev–Trinajstić information content (AvgIpc) is 2.92. The van der Waals surface area contributed by atoms with Gasteiger partial charge in [-0.05, 0) is 60.4 Å². The number of halogens is 2. The Labute approximate surface area is 244 Å². The van der Waals surface area contributed by atoms with Gasteiger partial charge in [-0.15, -0.1) is 0 Å². The van der Waals surface area contributed by atoms with E-state index in [1.165, 1.54) is 12.3 Å². The fourth-order valence-corrected chi connectivity index (χ4v) is 6.85. The number of carbonyl (C=O) groups is 2. The number of carboxylic acid groups (broad SMARTS) is 1. The SMILES string of the molecule is CC[C@@H](CNS(=O)(=O)c1ccccn1)N1C(=O)[C@](C)(CC(=O)O)C[C@H](c2cccc(Cl)c2)[C@H]1c1ccc(Cl)cc1. The van der Waals surface area contributed by atoms with E-state index in [1.807, 2.05) is 37.3 Å². The quantitative estimate of drug-likeness (QED) is 0.308. The highest BCUT2D eigenvalue weighted by Gasteiger charge is 2.52. The Hall–Kier alpha value is -2.98. The van der Waals surface area contributed by atoms with Crippen LogP contribution in [0.5, 0.6) is 0 Å². The van der Waals surface area contributed by atoms with Crippen LogP contribution in [0.1, 0.15) is 56.2 Å². The van der Waals surface area contributed by atoms with E-state index in [0.29, 0.717) is 16.5 Å². The van der Waals surface area contributed by atoms with Crippen LogP contribution in [-0.2, 0) is 19.6 Å². The van der Waals surface area contributed by atoms with Crippen molar-refractivity contribution in [2.45, 2.75) is 56.1 Å². The maximum atomic E-state index is 14.3. The van der Waals surface area contributed by atoms with E-state index in [1.54, 1.807) is 42.2 Å². The molecule has 1 aromatic heterocycles. The maximum absolute atomic E-state index is 14.3. The summed E-state index contributed by atoms with van der Waals surface area (Å²) in [6.07, 6.45) is 1.69. The van der Waals surface area contributed by atoms with Gasteiger partial charge in [0.05, 0.1) is 17.9 Å². The Morgan fingerprint density at radius 1 is 1.10 bits per heavy atom. The van der Waals surface area contributed by atoms with Crippen LogP contribution < -0.4 is 4.72 Å². The number of pyridine rings is 1. The monoisotopic (exact) mass is 603 g/mol. The summed E-state index contributed by atoms with van der Waals surface area (Å²) in [6, 6.07) is 18.0. The largest absolute Gasteiger partial charge is 0.481 e. The van der Waals surface area contributed by atoms with Crippen LogP contribution in [-0.4, -0.2) is 47.9 Å². The Bertz CT molecular complexity index is 1470. The molecule has 1 aliphatic heterocycles. The highest BCUT2D eigenvalue weighted by molar-refractivity contribution is 7.89. The lowest BCUT2D eigenvalue weighted by Gasteiger charge is -2.52. The molecule has 2 aromatic carbocycles. The van der Waals surface area contributed by atoms with E-state index in [-0.39, 0.29) is 36.2 Å². The van der Waals surface area contributed by atoms with Crippen molar-refractivity contribution in [3.63, 3.8) is 0 Å². The molecule has 0 saturated carbocycles. The van der Waals surface area contributed by atoms with E-state index in [0.717, 1.165) is 11.1 Å². The summed E-state index contributed by atoms with van der Waals surface area (Å²) in [7, 11) is -3.96. The van der Waals surface area contributed by atoms with Crippen LogP contribution in [0, 0.1) is 5.41 Å². The van der Waals surface area contributed by atoms with Crippen molar-refractivity contribution < 1.29 is 23.1 Å². The number of carboxylic acids is 1. The smallest absolute Gasteiger partial charge is 0.304 e. The number of aliphatic carboxylic acids is 1. The van der Waals surface area contributed by atoms with Gasteiger partial charge in [-0.2, -0.15) is 0 Å². The van der Waals surface area contributed by atoms with E-state index < -0.39 is 33.5 Å². The maximum Gasteiger partial charge on any atom is 0.304 e. The number of hydrogen-bond donors (Lipinski definition) is 2. The molecule has 8 nitrogen and oxygen atoms in total. The highest BCUT2D eigenvalue weighted by Crippen LogP contribution is 2.52. The third kappa shape index (κ3) is 6.49. The molecule has 0 bridgehead atoms. The first-order valence-electron chi connectivity index (χ1n) is 12.9. The molecule has 0 spiro atoms. The van der Waals surface area contributed by atoms with Gasteiger partial charge in [-0.25, -0.2) is 18.1 Å². The second-order valence-corrected chi connectivity index (χ2v) is 12.9. The molecule has 40 heavy (non-hydrogen) atoms. The topological polar surface area (TPSA) is 117 Å². The number of nitrogens with one attached hydrogen (secondary N) is 1. The van der Waals surface area contributed by atoms with Gasteiger partial charge in [0, 0.05) is 34.7 Å². The zero-order valence-corrected chi connectivity index (χ0v) is 24.5. The van der Waals surface area contributed by atoms with Crippen LogP contribution in [0.15, 0.2) is 78.0 Å². The second kappa shape index (κ2) is 12.3. The summed E-state index contributed by atoms with van der Waals surface area (Å²) in [5.74, 6) is -1.77. The normalized spacial score (nSPS) is 22.2. The first-order chi connectivity index (χ1) is 18.9. The zero-order valence-electron chi connectivity index (χ0n) is 22.1. The number of piperidine rings is 1. The minimum Gasteiger partial charge on any atom is -0.481 e. The van der Waals surface area contributed by atoms with Crippen molar-refractivity contribution in [3.05, 3.63) is 94.1 Å². The van der Waals surface area contributed by atoms with Crippen LogP contribution in [0.3, 0.4) is 0 Å². The number of nitrogens with zero attached hydrogens (tertiary/aromatic N) is 2. The third-order valence-corrected chi connectivity index (χ3v) is 9.24. The summed E-state index contributed by atoms with van der Waals surface area (Å²) in [4.78, 5) is 31.9. The fraction of sp³-hybridized carbons (Fsp3) is 0.345. The molecule has 11 heteroatoms. The van der Waals surface area contributed by atoms with Gasteiger partial charge in [0.2, 0.25) is 5.91 Å². The molecule has 3 aromatic rings. The molecule has 0 aliphatic carbocycles. The molecule has 1 saturated heterocycles. The van der Waals surface area contributed by atoms with Crippen LogP contribution >= 0.6 is 23.2 Å². The zero-order chi connectivity index (χ0) is 29.1. The molecule has 1 fully saturated rings. The molecular weight excluding hydrogens is 573 g/mol. The van der Waals surface area contributed by atoms with Gasteiger partial charge in [0.1, 0.15) is 0 Å². The standard InChI is InChI=1S/C29H31Cl2N3O5S/c1-3-23(18-33-40(38,39)25-9-4-5-14-32-25)34-27(19-10-12-21(30)13-11-19)24(20-7-6-8-22(31)15-20)16-29(2,28(34)37)17-26(35)36/h4-15,23-24,27,33H,3,16-18H2,1-2H3,(H,35,36)/t23-,24+,27+,29-/m0/s1. The van der Waals surface area contributed by atoms with E-state index >= 15 is 0 Å². The van der Waals surface area contributed by atoms with Gasteiger partial charge < -0.3 is 10.0 Å². The van der Waals surface area contributed by atoms with Gasteiger partial charge in [0.15, 0.2) is 5.03 Å². The molecular formula is C29H31Cl2N3O5S. The van der Waals surface area contributed by atoms with Gasteiger partial charge in [0.25, 0.3) is 10.0 Å². The number of sulfonamides is 1. The molecule has 0 unspecified atom stereocenters. The van der Waals surface area contributed by atoms with E-state index in [4.69, 9.17) is 23.2 Å². The lowest BCUT2D eigenvalue weighted by molar-refractivity contribution is -0.160. The van der Waals surface area contributed by atoms with Crippen molar-refractivity contribution in [2.24, 2.45) is 5.41 Å². The Morgan fingerprint density at radius 3 is 2.42 bits per heavy atom. The van der Waals surface area contributed by atoms with Crippen molar-refractivity contribution in [1.29, 1.82) is 0 Å². The number of likely N-dealkylation sites (tertiary alicyclic amines) is 1. The minimum absolute atomic E-state index is 0.0867. The fourth-order valence-electron chi connectivity index (χ4n) is 5.51. The third-order valence-electron chi connectivity index (χ3n) is 7.42. The molecule has 1 aliphatic rings. The van der Waals surface area contributed by atoms with E-state index in [9.17, 15) is 23.1 Å². The Morgan fingerprint density at radius 2 is 1.82 bits per heavy atom. The predicted octanol–water partition coefficient (Wildman–Crippen LogP) is 5.68. The summed E-state index contributed by atoms with van der Waals surface area (Å²) in [5.41, 5.74) is 0.409. The summed E-state index contributed by atoms with van der Waals surface area (Å²) < 4.78 is 28.7. The van der Waals surface area contributed by atoms with Gasteiger partial charge >= 0.3 is 5.97 Å². The summed E-state index contributed by atoms with van der Waals surface area (Å²) >= 11 is 12.6. The van der Waals surface area contributed by atoms with Crippen molar-refractivity contribution in [1.82, 2.24) is 14.6 Å². The number of benzene rings is 2. The average molecular weight is 605 g/mol. The number of carbonyl (C=O) groups excluding carboxylic acids is 1. The summed E-state index contributed by atoms with van der Waals surface area (Å²) in [5, 5.41) is 10.7. The van der Waals surface area contributed by atoms with Crippen molar-refractivity contribution >= 4 is 45.1 Å². The molecule has 4 rings (SSSR count). The number of amides is 1. The molecule has 0 radical (unpaired) electrons. The van der Waals surface area contributed by atoms with Crippen molar-refractivity contribution in [2.75, 3.05) is 6.54 Å². The first-order valence-corrected chi connectivity index (χ1v) is 15.2. The Balaban J connectivity index is 1.83. The highest BCUT2D eigenvalue weighted by atomic mass is 35.5. The second-order valence-electron chi connectivity index (χ2n) is 10.3. The minimum atomic E-state index is -3.96. The molecule has 1 amide bonds. The lowest BCUT2D eigenvalue weighted by Crippen LogP contribution is -2.58. The van der Waals surface area contributed by atoms with Crippen LogP contribution in [0.4, 0.5) is 0 Å². The number of hydrogen-bond acceptors (Lipinski definition) is 5. The molecule has 2 heterocycles. The van der Waals surface area contributed by atoms with Gasteiger partial charge in [-0.3, -0.25) is 9.59 Å². The number of aromatic nitrogens is 1. The van der Waals surface area contributed by atoms with E-state index in [2.05, 4.69) is 9.71 Å². The first kappa shape index (κ1) is 30.0. The van der Waals surface area contributed by atoms with Crippen molar-refractivity contribution in [3.8, 4) is 0 Å². The van der Waals surface area contributed by atoms with Gasteiger partial charge in [-0.1, -0.05) is 67.4 Å². The van der Waals surface area contributed by atoms with Crippen LogP contribution in [0.2, 0.25) is 10.0 Å². The Kier molecular flexibility index (Phi) is 9.19. The lowest BCUT2D eigenvalue weighted by atomic mass is 9.67.